The molecule has 170 valence electrons. The SMILES string of the molecule is O=C(Nc1cccc(S(=O)(=O)N2CCCCCC2)c1)c1cccc(CN2CCCC2=O)c1. The summed E-state index contributed by atoms with van der Waals surface area (Å²) in [7, 11) is -3.59. The highest BCUT2D eigenvalue weighted by molar-refractivity contribution is 7.89. The van der Waals surface area contributed by atoms with Gasteiger partial charge in [0.15, 0.2) is 0 Å². The van der Waals surface area contributed by atoms with E-state index in [0.717, 1.165) is 44.2 Å². The first kappa shape index (κ1) is 22.5. The van der Waals surface area contributed by atoms with Gasteiger partial charge in [-0.15, -0.1) is 0 Å². The van der Waals surface area contributed by atoms with Gasteiger partial charge in [-0.05, 0) is 55.2 Å². The molecule has 32 heavy (non-hydrogen) atoms. The monoisotopic (exact) mass is 455 g/mol. The van der Waals surface area contributed by atoms with Crippen molar-refractivity contribution < 1.29 is 18.0 Å². The number of nitrogens with one attached hydrogen (secondary N) is 1. The third-order valence-electron chi connectivity index (χ3n) is 6.03. The van der Waals surface area contributed by atoms with Gasteiger partial charge in [0.25, 0.3) is 5.91 Å². The highest BCUT2D eigenvalue weighted by Crippen LogP contribution is 2.23. The lowest BCUT2D eigenvalue weighted by Gasteiger charge is -2.20. The summed E-state index contributed by atoms with van der Waals surface area (Å²) in [4.78, 5) is 26.7. The fourth-order valence-electron chi connectivity index (χ4n) is 4.27. The zero-order valence-corrected chi connectivity index (χ0v) is 18.9. The first-order chi connectivity index (χ1) is 15.4. The molecule has 2 aliphatic rings. The smallest absolute Gasteiger partial charge is 0.255 e. The molecule has 8 heteroatoms. The summed E-state index contributed by atoms with van der Waals surface area (Å²) in [6.45, 7) is 2.30. The third-order valence-corrected chi connectivity index (χ3v) is 7.92. The van der Waals surface area contributed by atoms with Crippen molar-refractivity contribution in [3.8, 4) is 0 Å². The summed E-state index contributed by atoms with van der Waals surface area (Å²) in [5.41, 5.74) is 1.80. The number of benzene rings is 2. The number of carbonyl (C=O) groups excluding carboxylic acids is 2. The largest absolute Gasteiger partial charge is 0.338 e. The average molecular weight is 456 g/mol. The lowest BCUT2D eigenvalue weighted by Crippen LogP contribution is -2.32. The molecule has 0 bridgehead atoms. The predicted molar refractivity (Wildman–Crippen MR) is 123 cm³/mol. The quantitative estimate of drug-likeness (QED) is 0.721. The standard InChI is InChI=1S/C24H29N3O4S/c28-23-12-7-13-26(23)18-19-8-5-9-20(16-19)24(29)25-21-10-6-11-22(17-21)32(30,31)27-14-3-1-2-4-15-27/h5-6,8-11,16-17H,1-4,7,12-15,18H2,(H,25,29). The van der Waals surface area contributed by atoms with E-state index in [2.05, 4.69) is 5.32 Å². The van der Waals surface area contributed by atoms with Crippen LogP contribution in [0.25, 0.3) is 0 Å². The Morgan fingerprint density at radius 2 is 1.66 bits per heavy atom. The van der Waals surface area contributed by atoms with Crippen LogP contribution in [0.5, 0.6) is 0 Å². The Balaban J connectivity index is 1.47. The molecule has 2 saturated heterocycles. The molecule has 0 aromatic heterocycles. The fraction of sp³-hybridized carbons (Fsp3) is 0.417. The van der Waals surface area contributed by atoms with Crippen LogP contribution >= 0.6 is 0 Å². The Labute approximate surface area is 189 Å². The molecule has 7 nitrogen and oxygen atoms in total. The zero-order valence-electron chi connectivity index (χ0n) is 18.1. The van der Waals surface area contributed by atoms with E-state index in [0.29, 0.717) is 37.3 Å². The first-order valence-electron chi connectivity index (χ1n) is 11.2. The Bertz CT molecular complexity index is 1090. The number of rotatable bonds is 6. The van der Waals surface area contributed by atoms with Crippen LogP contribution in [0.15, 0.2) is 53.4 Å². The normalized spacial score (nSPS) is 17.9. The van der Waals surface area contributed by atoms with E-state index in [1.165, 1.54) is 6.07 Å². The van der Waals surface area contributed by atoms with Gasteiger partial charge in [0.2, 0.25) is 15.9 Å². The Morgan fingerprint density at radius 3 is 2.38 bits per heavy atom. The fourth-order valence-corrected chi connectivity index (χ4v) is 5.83. The van der Waals surface area contributed by atoms with Gasteiger partial charge in [0.05, 0.1) is 4.90 Å². The van der Waals surface area contributed by atoms with Gasteiger partial charge < -0.3 is 10.2 Å². The second-order valence-electron chi connectivity index (χ2n) is 8.42. The van der Waals surface area contributed by atoms with Gasteiger partial charge >= 0.3 is 0 Å². The van der Waals surface area contributed by atoms with Gasteiger partial charge in [0, 0.05) is 43.9 Å². The Kier molecular flexibility index (Phi) is 6.91. The molecule has 2 heterocycles. The number of nitrogens with zero attached hydrogens (tertiary/aromatic N) is 2. The summed E-state index contributed by atoms with van der Waals surface area (Å²) >= 11 is 0. The van der Waals surface area contributed by atoms with Crippen molar-refractivity contribution in [3.05, 3.63) is 59.7 Å². The molecule has 2 fully saturated rings. The molecule has 0 unspecified atom stereocenters. The molecular weight excluding hydrogens is 426 g/mol. The van der Waals surface area contributed by atoms with Crippen molar-refractivity contribution in [1.82, 2.24) is 9.21 Å². The highest BCUT2D eigenvalue weighted by Gasteiger charge is 2.25. The molecule has 4 rings (SSSR count). The summed E-state index contributed by atoms with van der Waals surface area (Å²) in [5.74, 6) is -0.175. The lowest BCUT2D eigenvalue weighted by molar-refractivity contribution is -0.128. The van der Waals surface area contributed by atoms with Gasteiger partial charge in [-0.2, -0.15) is 4.31 Å². The van der Waals surface area contributed by atoms with Gasteiger partial charge in [0.1, 0.15) is 0 Å². The maximum Gasteiger partial charge on any atom is 0.255 e. The van der Waals surface area contributed by atoms with Crippen LogP contribution in [0.1, 0.15) is 54.4 Å². The van der Waals surface area contributed by atoms with Crippen molar-refractivity contribution in [3.63, 3.8) is 0 Å². The summed E-state index contributed by atoms with van der Waals surface area (Å²) in [6.07, 6.45) is 5.29. The molecule has 0 spiro atoms. The predicted octanol–water partition coefficient (Wildman–Crippen LogP) is 3.63. The Hall–Kier alpha value is -2.71. The van der Waals surface area contributed by atoms with Gasteiger partial charge in [-0.3, -0.25) is 9.59 Å². The maximum absolute atomic E-state index is 13.1. The van der Waals surface area contributed by atoms with Crippen LogP contribution < -0.4 is 5.32 Å². The molecule has 0 radical (unpaired) electrons. The molecule has 2 amide bonds. The summed E-state index contributed by atoms with van der Waals surface area (Å²) < 4.78 is 27.7. The molecule has 1 N–H and O–H groups in total. The van der Waals surface area contributed by atoms with Crippen molar-refractivity contribution in [1.29, 1.82) is 0 Å². The first-order valence-corrected chi connectivity index (χ1v) is 12.7. The van der Waals surface area contributed by atoms with E-state index < -0.39 is 10.0 Å². The van der Waals surface area contributed by atoms with E-state index >= 15 is 0 Å². The molecule has 2 aromatic carbocycles. The molecule has 2 aliphatic heterocycles. The number of sulfonamides is 1. The van der Waals surface area contributed by atoms with E-state index in [1.807, 2.05) is 6.07 Å². The topological polar surface area (TPSA) is 86.8 Å². The van der Waals surface area contributed by atoms with E-state index in [-0.39, 0.29) is 16.7 Å². The van der Waals surface area contributed by atoms with Crippen molar-refractivity contribution in [2.75, 3.05) is 25.0 Å². The van der Waals surface area contributed by atoms with Crippen LogP contribution in [-0.2, 0) is 21.4 Å². The van der Waals surface area contributed by atoms with Crippen molar-refractivity contribution >= 4 is 27.5 Å². The highest BCUT2D eigenvalue weighted by atomic mass is 32.2. The second-order valence-corrected chi connectivity index (χ2v) is 10.4. The number of anilines is 1. The van der Waals surface area contributed by atoms with Crippen molar-refractivity contribution in [2.45, 2.75) is 50.0 Å². The van der Waals surface area contributed by atoms with E-state index in [1.54, 1.807) is 45.6 Å². The minimum Gasteiger partial charge on any atom is -0.338 e. The van der Waals surface area contributed by atoms with Gasteiger partial charge in [-0.1, -0.05) is 31.0 Å². The molecule has 2 aromatic rings. The number of hydrogen-bond acceptors (Lipinski definition) is 4. The molecule has 0 aliphatic carbocycles. The number of hydrogen-bond donors (Lipinski definition) is 1. The maximum atomic E-state index is 13.1. The van der Waals surface area contributed by atoms with Crippen molar-refractivity contribution in [2.24, 2.45) is 0 Å². The van der Waals surface area contributed by atoms with Crippen LogP contribution in [0, 0.1) is 0 Å². The number of likely N-dealkylation sites (tertiary alicyclic amines) is 1. The van der Waals surface area contributed by atoms with E-state index in [4.69, 9.17) is 0 Å². The molecular formula is C24H29N3O4S. The average Bonchev–Trinajstić information content (AvgIpc) is 3.02. The zero-order chi connectivity index (χ0) is 22.6. The van der Waals surface area contributed by atoms with E-state index in [9.17, 15) is 18.0 Å². The number of carbonyl (C=O) groups is 2. The molecule has 0 saturated carbocycles. The minimum absolute atomic E-state index is 0.141. The summed E-state index contributed by atoms with van der Waals surface area (Å²) in [5, 5.41) is 2.81. The lowest BCUT2D eigenvalue weighted by atomic mass is 10.1. The van der Waals surface area contributed by atoms with Crippen LogP contribution in [0.3, 0.4) is 0 Å². The number of amides is 2. The van der Waals surface area contributed by atoms with Gasteiger partial charge in [-0.25, -0.2) is 8.42 Å². The Morgan fingerprint density at radius 1 is 0.906 bits per heavy atom. The third kappa shape index (κ3) is 5.19. The molecule has 0 atom stereocenters. The summed E-state index contributed by atoms with van der Waals surface area (Å²) in [6, 6.07) is 13.6. The van der Waals surface area contributed by atoms with Crippen LogP contribution in [0.2, 0.25) is 0 Å². The van der Waals surface area contributed by atoms with Crippen LogP contribution in [-0.4, -0.2) is 49.1 Å². The van der Waals surface area contributed by atoms with Crippen LogP contribution in [0.4, 0.5) is 5.69 Å². The second kappa shape index (κ2) is 9.83. The minimum atomic E-state index is -3.59.